The van der Waals surface area contributed by atoms with Crippen molar-refractivity contribution in [2.75, 3.05) is 0 Å². The van der Waals surface area contributed by atoms with Crippen molar-refractivity contribution in [3.63, 3.8) is 0 Å². The van der Waals surface area contributed by atoms with Crippen molar-refractivity contribution in [1.29, 1.82) is 0 Å². The zero-order valence-electron chi connectivity index (χ0n) is 12.2. The summed E-state index contributed by atoms with van der Waals surface area (Å²) in [5.74, 6) is -0.308. The van der Waals surface area contributed by atoms with E-state index in [-0.39, 0.29) is 12.3 Å². The first kappa shape index (κ1) is 15.4. The average Bonchev–Trinajstić information content (AvgIpc) is 2.71. The van der Waals surface area contributed by atoms with Crippen LogP contribution in [0.2, 0.25) is 0 Å². The van der Waals surface area contributed by atoms with Gasteiger partial charge in [-0.1, -0.05) is 0 Å². The number of imide groups is 1. The van der Waals surface area contributed by atoms with E-state index in [1.54, 1.807) is 6.92 Å². The molecule has 1 aliphatic rings. The number of nitrogens with zero attached hydrogens (tertiary/aromatic N) is 2. The molecule has 1 N–H and O–H groups in total. The van der Waals surface area contributed by atoms with Crippen LogP contribution in [0.1, 0.15) is 30.2 Å². The third kappa shape index (κ3) is 3.36. The molecule has 2 heterocycles. The minimum Gasteiger partial charge on any atom is -0.295 e. The van der Waals surface area contributed by atoms with E-state index in [4.69, 9.17) is 0 Å². The lowest BCUT2D eigenvalue weighted by Crippen LogP contribution is -2.53. The van der Waals surface area contributed by atoms with Crippen molar-refractivity contribution in [1.82, 2.24) is 10.2 Å². The van der Waals surface area contributed by atoms with Gasteiger partial charge in [-0.25, -0.2) is 4.99 Å². The predicted molar refractivity (Wildman–Crippen MR) is 80.6 cm³/mol. The Morgan fingerprint density at radius 2 is 2.19 bits per heavy atom. The van der Waals surface area contributed by atoms with Gasteiger partial charge in [0, 0.05) is 11.3 Å². The number of hydrogen-bond donors (Lipinski definition) is 1. The van der Waals surface area contributed by atoms with Gasteiger partial charge >= 0.3 is 0 Å². The number of hydrogen-bond acceptors (Lipinski definition) is 5. The lowest BCUT2D eigenvalue weighted by atomic mass is 10.0. The van der Waals surface area contributed by atoms with E-state index in [0.717, 1.165) is 15.4 Å². The second kappa shape index (κ2) is 6.17. The molecule has 1 saturated heterocycles. The molecule has 1 unspecified atom stereocenters. The van der Waals surface area contributed by atoms with Gasteiger partial charge in [0.15, 0.2) is 0 Å². The van der Waals surface area contributed by atoms with E-state index in [1.165, 1.54) is 16.2 Å². The fourth-order valence-corrected chi connectivity index (χ4v) is 3.21. The molecule has 0 aliphatic carbocycles. The van der Waals surface area contributed by atoms with Crippen LogP contribution in [0, 0.1) is 13.8 Å². The van der Waals surface area contributed by atoms with E-state index >= 15 is 0 Å². The fourth-order valence-electron chi connectivity index (χ4n) is 2.27. The average molecular weight is 307 g/mol. The van der Waals surface area contributed by atoms with Crippen LogP contribution in [0.5, 0.6) is 0 Å². The third-order valence-electron chi connectivity index (χ3n) is 3.31. The number of aryl methyl sites for hydroxylation is 2. The monoisotopic (exact) mass is 307 g/mol. The van der Waals surface area contributed by atoms with Crippen molar-refractivity contribution < 1.29 is 14.4 Å². The second-order valence-corrected chi connectivity index (χ2v) is 6.22. The molecule has 21 heavy (non-hydrogen) atoms. The first-order chi connectivity index (χ1) is 9.92. The third-order valence-corrected chi connectivity index (χ3v) is 4.36. The minimum atomic E-state index is -0.676. The molecular weight excluding hydrogens is 290 g/mol. The van der Waals surface area contributed by atoms with Crippen LogP contribution in [0.25, 0.3) is 0 Å². The smallest absolute Gasteiger partial charge is 0.249 e. The van der Waals surface area contributed by atoms with Crippen LogP contribution < -0.4 is 5.32 Å². The number of carbonyl (C=O) groups excluding carboxylic acids is 3. The lowest BCUT2D eigenvalue weighted by molar-refractivity contribution is -0.138. The highest BCUT2D eigenvalue weighted by Gasteiger charge is 2.32. The Hall–Kier alpha value is -2.02. The molecule has 0 radical (unpaired) electrons. The Kier molecular flexibility index (Phi) is 4.52. The highest BCUT2D eigenvalue weighted by molar-refractivity contribution is 7.16. The number of rotatable bonds is 3. The molecule has 0 aromatic carbocycles. The Bertz CT molecular complexity index is 621. The molecule has 7 heteroatoms. The van der Waals surface area contributed by atoms with Crippen molar-refractivity contribution in [3.8, 4) is 0 Å². The van der Waals surface area contributed by atoms with Gasteiger partial charge in [0.05, 0.1) is 0 Å². The molecule has 1 aromatic heterocycles. The molecule has 0 saturated carbocycles. The summed E-state index contributed by atoms with van der Waals surface area (Å²) in [6.45, 7) is 5.63. The molecule has 6 nitrogen and oxygen atoms in total. The highest BCUT2D eigenvalue weighted by Crippen LogP contribution is 2.30. The number of nitrogens with one attached hydrogen (secondary N) is 1. The fraction of sp³-hybridized carbons (Fsp3) is 0.429. The second-order valence-electron chi connectivity index (χ2n) is 4.98. The van der Waals surface area contributed by atoms with Crippen molar-refractivity contribution >= 4 is 40.4 Å². The van der Waals surface area contributed by atoms with E-state index in [1.807, 2.05) is 19.9 Å². The summed E-state index contributed by atoms with van der Waals surface area (Å²) in [5, 5.41) is 3.07. The van der Waals surface area contributed by atoms with E-state index in [0.29, 0.717) is 18.7 Å². The first-order valence-electron chi connectivity index (χ1n) is 6.62. The number of amides is 3. The van der Waals surface area contributed by atoms with Crippen molar-refractivity contribution in [2.24, 2.45) is 4.99 Å². The summed E-state index contributed by atoms with van der Waals surface area (Å²) in [6, 6.07) is 1.35. The van der Waals surface area contributed by atoms with Gasteiger partial charge < -0.3 is 0 Å². The van der Waals surface area contributed by atoms with E-state index in [2.05, 4.69) is 10.3 Å². The maximum absolute atomic E-state index is 11.8. The SMILES string of the molecule is C/C(=N/c1sc(C)cc1C)N(C=O)C1CCC(=O)NC1=O. The molecule has 1 atom stereocenters. The van der Waals surface area contributed by atoms with Crippen LogP contribution >= 0.6 is 11.3 Å². The van der Waals surface area contributed by atoms with Gasteiger partial charge in [0.1, 0.15) is 16.9 Å². The maximum atomic E-state index is 11.8. The topological polar surface area (TPSA) is 78.8 Å². The molecular formula is C14H17N3O3S. The Labute approximate surface area is 126 Å². The summed E-state index contributed by atoms with van der Waals surface area (Å²) < 4.78 is 0. The Balaban J connectivity index is 2.24. The number of aliphatic imine (C=N–C) groups is 1. The zero-order valence-corrected chi connectivity index (χ0v) is 13.0. The number of piperidine rings is 1. The van der Waals surface area contributed by atoms with Gasteiger partial charge in [0.2, 0.25) is 18.2 Å². The van der Waals surface area contributed by atoms with Gasteiger partial charge in [-0.05, 0) is 38.8 Å². The standard InChI is InChI=1S/C14H17N3O3S/c1-8-6-9(2)21-14(8)15-10(3)17(7-18)11-4-5-12(19)16-13(11)20/h6-7,11H,4-5H2,1-3H3,(H,16,19,20)/b15-10-. The van der Waals surface area contributed by atoms with Crippen molar-refractivity contribution in [3.05, 3.63) is 16.5 Å². The Morgan fingerprint density at radius 1 is 1.48 bits per heavy atom. The quantitative estimate of drug-likeness (QED) is 0.399. The van der Waals surface area contributed by atoms with Crippen LogP contribution in [0.3, 0.4) is 0 Å². The molecule has 2 rings (SSSR count). The van der Waals surface area contributed by atoms with Crippen LogP contribution in [0.4, 0.5) is 5.00 Å². The highest BCUT2D eigenvalue weighted by atomic mass is 32.1. The van der Waals surface area contributed by atoms with Gasteiger partial charge in [-0.2, -0.15) is 0 Å². The summed E-state index contributed by atoms with van der Waals surface area (Å²) in [5.41, 5.74) is 1.03. The van der Waals surface area contributed by atoms with Gasteiger partial charge in [0.25, 0.3) is 0 Å². The maximum Gasteiger partial charge on any atom is 0.249 e. The van der Waals surface area contributed by atoms with Crippen LogP contribution in [-0.2, 0) is 14.4 Å². The molecule has 1 fully saturated rings. The summed E-state index contributed by atoms with van der Waals surface area (Å²) in [4.78, 5) is 41.2. The summed E-state index contributed by atoms with van der Waals surface area (Å²) in [6.07, 6.45) is 1.14. The molecule has 112 valence electrons. The summed E-state index contributed by atoms with van der Waals surface area (Å²) >= 11 is 1.53. The minimum absolute atomic E-state index is 0.227. The largest absolute Gasteiger partial charge is 0.295 e. The Morgan fingerprint density at radius 3 is 2.71 bits per heavy atom. The molecule has 1 aromatic rings. The molecule has 0 bridgehead atoms. The molecule has 0 spiro atoms. The van der Waals surface area contributed by atoms with Crippen LogP contribution in [0.15, 0.2) is 11.1 Å². The predicted octanol–water partition coefficient (Wildman–Crippen LogP) is 1.68. The molecule has 1 aliphatic heterocycles. The normalized spacial score (nSPS) is 19.4. The van der Waals surface area contributed by atoms with Crippen LogP contribution in [-0.4, -0.2) is 35.0 Å². The lowest BCUT2D eigenvalue weighted by Gasteiger charge is -2.29. The number of thiophene rings is 1. The summed E-state index contributed by atoms with van der Waals surface area (Å²) in [7, 11) is 0. The first-order valence-corrected chi connectivity index (χ1v) is 7.43. The van der Waals surface area contributed by atoms with E-state index < -0.39 is 11.9 Å². The van der Waals surface area contributed by atoms with Crippen molar-refractivity contribution in [2.45, 2.75) is 39.7 Å². The molecule has 3 amide bonds. The van der Waals surface area contributed by atoms with E-state index in [9.17, 15) is 14.4 Å². The number of carbonyl (C=O) groups is 3. The number of amidine groups is 1. The zero-order chi connectivity index (χ0) is 15.6. The van der Waals surface area contributed by atoms with Gasteiger partial charge in [-0.3, -0.25) is 24.6 Å². The van der Waals surface area contributed by atoms with Gasteiger partial charge in [-0.15, -0.1) is 11.3 Å².